The molecule has 84 valence electrons. The van der Waals surface area contributed by atoms with Crippen LogP contribution in [-0.4, -0.2) is 28.7 Å². The lowest BCUT2D eigenvalue weighted by Gasteiger charge is -2.38. The molecule has 0 aromatic carbocycles. The lowest BCUT2D eigenvalue weighted by molar-refractivity contribution is -0.126. The minimum atomic E-state index is -0.939. The van der Waals surface area contributed by atoms with Crippen molar-refractivity contribution in [1.29, 1.82) is 0 Å². The topological polar surface area (TPSA) is 75.3 Å². The fourth-order valence-electron chi connectivity index (χ4n) is 0.827. The summed E-state index contributed by atoms with van der Waals surface area (Å²) >= 11 is 0. The van der Waals surface area contributed by atoms with Crippen molar-refractivity contribution in [2.24, 2.45) is 5.73 Å². The normalized spacial score (nSPS) is 12.7. The van der Waals surface area contributed by atoms with Gasteiger partial charge in [0.2, 0.25) is 5.91 Å². The summed E-state index contributed by atoms with van der Waals surface area (Å²) in [7, 11) is 0. The number of carbonyl (C=O) groups is 1. The zero-order valence-electron chi connectivity index (χ0n) is 9.55. The summed E-state index contributed by atoms with van der Waals surface area (Å²) in [6.07, 6.45) is 1.09. The van der Waals surface area contributed by atoms with Gasteiger partial charge in [-0.15, -0.1) is 0 Å². The van der Waals surface area contributed by atoms with Gasteiger partial charge in [-0.1, -0.05) is 0 Å². The van der Waals surface area contributed by atoms with Crippen LogP contribution < -0.4 is 11.1 Å². The Hall–Kier alpha value is -0.610. The molecule has 4 nitrogen and oxygen atoms in total. The van der Waals surface area contributed by atoms with Crippen LogP contribution in [0.5, 0.6) is 0 Å². The van der Waals surface area contributed by atoms with E-state index < -0.39 is 11.1 Å². The Balaban J connectivity index is 4.16. The lowest BCUT2D eigenvalue weighted by Crippen LogP contribution is -2.57. The Morgan fingerprint density at radius 3 is 2.21 bits per heavy atom. The highest BCUT2D eigenvalue weighted by Gasteiger charge is 2.35. The van der Waals surface area contributed by atoms with E-state index in [0.717, 1.165) is 0 Å². The van der Waals surface area contributed by atoms with E-state index in [2.05, 4.69) is 5.32 Å². The van der Waals surface area contributed by atoms with Gasteiger partial charge in [0.15, 0.2) is 0 Å². The third-order valence-corrected chi connectivity index (χ3v) is 2.59. The number of rotatable bonds is 5. The van der Waals surface area contributed by atoms with Crippen molar-refractivity contribution in [3.05, 3.63) is 0 Å². The molecule has 0 fully saturated rings. The molecule has 4 N–H and O–H groups in total. The average molecular weight is 202 g/mol. The van der Waals surface area contributed by atoms with Crippen LogP contribution in [0.15, 0.2) is 0 Å². The number of carbonyl (C=O) groups excluding carboxylic acids is 1. The van der Waals surface area contributed by atoms with Gasteiger partial charge in [0.25, 0.3) is 0 Å². The van der Waals surface area contributed by atoms with E-state index in [9.17, 15) is 9.90 Å². The van der Waals surface area contributed by atoms with Crippen molar-refractivity contribution in [1.82, 2.24) is 5.32 Å². The van der Waals surface area contributed by atoms with Crippen molar-refractivity contribution in [2.45, 2.75) is 51.7 Å². The first-order valence-electron chi connectivity index (χ1n) is 4.94. The van der Waals surface area contributed by atoms with Crippen molar-refractivity contribution < 1.29 is 9.90 Å². The molecular weight excluding hydrogens is 180 g/mol. The molecule has 0 heterocycles. The molecule has 14 heavy (non-hydrogen) atoms. The van der Waals surface area contributed by atoms with Gasteiger partial charge in [-0.2, -0.15) is 0 Å². The summed E-state index contributed by atoms with van der Waals surface area (Å²) < 4.78 is 0. The van der Waals surface area contributed by atoms with Crippen LogP contribution in [0.25, 0.3) is 0 Å². The van der Waals surface area contributed by atoms with Gasteiger partial charge in [0.05, 0.1) is 11.1 Å². The number of amides is 1. The van der Waals surface area contributed by atoms with E-state index in [1.165, 1.54) is 0 Å². The van der Waals surface area contributed by atoms with Crippen LogP contribution in [0.3, 0.4) is 0 Å². The summed E-state index contributed by atoms with van der Waals surface area (Å²) in [5, 5.41) is 12.6. The quantitative estimate of drug-likeness (QED) is 0.603. The first-order chi connectivity index (χ1) is 6.20. The van der Waals surface area contributed by atoms with Gasteiger partial charge in [0, 0.05) is 6.42 Å². The smallest absolute Gasteiger partial charge is 0.220 e. The number of nitrogens with two attached hydrogens (primary N) is 1. The van der Waals surface area contributed by atoms with Crippen LogP contribution in [0.2, 0.25) is 0 Å². The average Bonchev–Trinajstić information content (AvgIpc) is 1.97. The van der Waals surface area contributed by atoms with Crippen LogP contribution in [0, 0.1) is 0 Å². The second-order valence-electron chi connectivity index (χ2n) is 4.62. The zero-order chi connectivity index (χ0) is 11.4. The molecule has 0 rings (SSSR count). The Morgan fingerprint density at radius 1 is 1.36 bits per heavy atom. The molecular formula is C10H22N2O2. The molecule has 0 aromatic heterocycles. The fourth-order valence-corrected chi connectivity index (χ4v) is 0.827. The van der Waals surface area contributed by atoms with E-state index in [1.54, 1.807) is 27.7 Å². The van der Waals surface area contributed by atoms with Crippen molar-refractivity contribution in [3.8, 4) is 0 Å². The van der Waals surface area contributed by atoms with Gasteiger partial charge >= 0.3 is 0 Å². The number of nitrogens with one attached hydrogen (secondary N) is 1. The fraction of sp³-hybridized carbons (Fsp3) is 0.900. The highest BCUT2D eigenvalue weighted by atomic mass is 16.3. The van der Waals surface area contributed by atoms with Crippen LogP contribution in [-0.2, 0) is 4.79 Å². The number of aliphatic hydroxyl groups is 1. The first kappa shape index (κ1) is 13.4. The van der Waals surface area contributed by atoms with E-state index in [-0.39, 0.29) is 5.91 Å². The Morgan fingerprint density at radius 2 is 1.86 bits per heavy atom. The van der Waals surface area contributed by atoms with E-state index in [1.807, 2.05) is 0 Å². The molecule has 4 heteroatoms. The van der Waals surface area contributed by atoms with Gasteiger partial charge in [-0.05, 0) is 40.7 Å². The summed E-state index contributed by atoms with van der Waals surface area (Å²) in [6, 6.07) is 0. The monoisotopic (exact) mass is 202 g/mol. The maximum Gasteiger partial charge on any atom is 0.220 e. The predicted octanol–water partition coefficient (Wildman–Crippen LogP) is 0.391. The molecule has 0 bridgehead atoms. The minimum absolute atomic E-state index is 0.0671. The van der Waals surface area contributed by atoms with E-state index in [4.69, 9.17) is 5.73 Å². The third-order valence-electron chi connectivity index (χ3n) is 2.59. The van der Waals surface area contributed by atoms with E-state index in [0.29, 0.717) is 19.4 Å². The molecule has 0 aromatic rings. The molecule has 0 unspecified atom stereocenters. The second kappa shape index (κ2) is 4.75. The Bertz CT molecular complexity index is 195. The van der Waals surface area contributed by atoms with Gasteiger partial charge in [-0.3, -0.25) is 4.79 Å². The summed E-state index contributed by atoms with van der Waals surface area (Å²) in [5.74, 6) is -0.0671. The Labute approximate surface area is 85.9 Å². The first-order valence-corrected chi connectivity index (χ1v) is 4.94. The zero-order valence-corrected chi connectivity index (χ0v) is 9.55. The van der Waals surface area contributed by atoms with Crippen molar-refractivity contribution >= 4 is 5.91 Å². The second-order valence-corrected chi connectivity index (χ2v) is 4.62. The van der Waals surface area contributed by atoms with Crippen molar-refractivity contribution in [2.75, 3.05) is 6.54 Å². The maximum absolute atomic E-state index is 11.4. The van der Waals surface area contributed by atoms with Crippen LogP contribution in [0.1, 0.15) is 40.5 Å². The molecule has 0 saturated heterocycles. The largest absolute Gasteiger partial charge is 0.388 e. The summed E-state index contributed by atoms with van der Waals surface area (Å²) in [5.41, 5.74) is 3.73. The minimum Gasteiger partial charge on any atom is -0.388 e. The third kappa shape index (κ3) is 4.07. The van der Waals surface area contributed by atoms with Gasteiger partial charge in [0.1, 0.15) is 0 Å². The Kier molecular flexibility index (Phi) is 4.55. The molecule has 0 saturated carbocycles. The summed E-state index contributed by atoms with van der Waals surface area (Å²) in [4.78, 5) is 11.4. The van der Waals surface area contributed by atoms with Gasteiger partial charge in [-0.25, -0.2) is 0 Å². The molecule has 1 amide bonds. The number of hydrogen-bond acceptors (Lipinski definition) is 3. The molecule has 0 aliphatic heterocycles. The predicted molar refractivity (Wildman–Crippen MR) is 56.8 cm³/mol. The molecule has 0 aliphatic carbocycles. The summed E-state index contributed by atoms with van der Waals surface area (Å²) in [6.45, 7) is 7.46. The highest BCUT2D eigenvalue weighted by molar-refractivity contribution is 5.76. The number of hydrogen-bond donors (Lipinski definition) is 3. The van der Waals surface area contributed by atoms with Gasteiger partial charge < -0.3 is 16.2 Å². The molecule has 0 radical (unpaired) electrons. The SMILES string of the molecule is CC(C)(O)C(C)(C)NC(=O)CCCN. The molecule has 0 aliphatic rings. The van der Waals surface area contributed by atoms with Crippen LogP contribution >= 0.6 is 0 Å². The molecule has 0 atom stereocenters. The lowest BCUT2D eigenvalue weighted by atomic mass is 9.86. The van der Waals surface area contributed by atoms with Crippen molar-refractivity contribution in [3.63, 3.8) is 0 Å². The standard InChI is InChI=1S/C10H22N2O2/c1-9(2,10(3,4)14)12-8(13)6-5-7-11/h14H,5-7,11H2,1-4H3,(H,12,13). The molecule has 0 spiro atoms. The van der Waals surface area contributed by atoms with Crippen LogP contribution in [0.4, 0.5) is 0 Å². The highest BCUT2D eigenvalue weighted by Crippen LogP contribution is 2.20. The van der Waals surface area contributed by atoms with E-state index >= 15 is 0 Å². The maximum atomic E-state index is 11.4.